The molecule has 0 aliphatic carbocycles. The van der Waals surface area contributed by atoms with Crippen LogP contribution in [0.1, 0.15) is 28.0 Å². The fraction of sp³-hybridized carbons (Fsp3) is 0.333. The monoisotopic (exact) mass is 381 g/mol. The highest BCUT2D eigenvalue weighted by Gasteiger charge is 2.36. The van der Waals surface area contributed by atoms with Gasteiger partial charge in [0.15, 0.2) is 5.69 Å². The van der Waals surface area contributed by atoms with Crippen molar-refractivity contribution in [2.75, 3.05) is 7.11 Å². The molecular weight excluding hydrogens is 376 g/mol. The third kappa shape index (κ3) is 3.06. The van der Waals surface area contributed by atoms with Gasteiger partial charge in [-0.25, -0.2) is 18.6 Å². The predicted molar refractivity (Wildman–Crippen MR) is 58.3 cm³/mol. The average molecular weight is 381 g/mol. The van der Waals surface area contributed by atoms with Crippen LogP contribution in [0.5, 0.6) is 0 Å². The van der Waals surface area contributed by atoms with Gasteiger partial charge in [0.25, 0.3) is 6.43 Å². The molecule has 1 aromatic heterocycles. The molecule has 0 amide bonds. The minimum atomic E-state index is -4.82. The van der Waals surface area contributed by atoms with Gasteiger partial charge >= 0.3 is 12.1 Å². The van der Waals surface area contributed by atoms with Gasteiger partial charge in [0, 0.05) is 0 Å². The van der Waals surface area contributed by atoms with Gasteiger partial charge in [-0.05, 0) is 28.7 Å². The number of carbonyl (C=O) groups is 1. The van der Waals surface area contributed by atoms with Crippen molar-refractivity contribution in [2.45, 2.75) is 12.6 Å². The molecule has 0 aromatic carbocycles. The summed E-state index contributed by atoms with van der Waals surface area (Å²) < 4.78 is 66.3. The lowest BCUT2D eigenvalue weighted by molar-refractivity contribution is -0.138. The van der Waals surface area contributed by atoms with Gasteiger partial charge in [-0.15, -0.1) is 0 Å². The molecule has 0 atom stereocenters. The summed E-state index contributed by atoms with van der Waals surface area (Å²) in [5.41, 5.74) is -3.23. The van der Waals surface area contributed by atoms with E-state index in [1.54, 1.807) is 0 Å². The Bertz CT molecular complexity index is 475. The maximum atomic E-state index is 12.6. The molecule has 1 rings (SSSR count). The van der Waals surface area contributed by atoms with E-state index in [2.05, 4.69) is 9.72 Å². The highest BCUT2D eigenvalue weighted by molar-refractivity contribution is 14.1. The number of halogens is 6. The van der Waals surface area contributed by atoms with Gasteiger partial charge in [0.2, 0.25) is 0 Å². The first-order valence-electron chi connectivity index (χ1n) is 4.32. The Hall–Kier alpha value is -1.00. The summed E-state index contributed by atoms with van der Waals surface area (Å²) in [7, 11) is 0.920. The van der Waals surface area contributed by atoms with Crippen LogP contribution in [0.3, 0.4) is 0 Å². The smallest absolute Gasteiger partial charge is 0.418 e. The fourth-order valence-corrected chi connectivity index (χ4v) is 1.83. The van der Waals surface area contributed by atoms with E-state index in [0.29, 0.717) is 0 Å². The van der Waals surface area contributed by atoms with Crippen molar-refractivity contribution in [1.82, 2.24) is 4.98 Å². The van der Waals surface area contributed by atoms with Gasteiger partial charge in [0.1, 0.15) is 3.70 Å². The van der Waals surface area contributed by atoms with Crippen LogP contribution in [-0.2, 0) is 10.9 Å². The second-order valence-corrected chi connectivity index (χ2v) is 4.08. The molecule has 100 valence electrons. The minimum absolute atomic E-state index is 0.214. The lowest BCUT2D eigenvalue weighted by atomic mass is 10.1. The van der Waals surface area contributed by atoms with Crippen molar-refractivity contribution in [1.29, 1.82) is 0 Å². The topological polar surface area (TPSA) is 39.2 Å². The highest BCUT2D eigenvalue weighted by Crippen LogP contribution is 2.35. The summed E-state index contributed by atoms with van der Waals surface area (Å²) in [4.78, 5) is 14.4. The zero-order valence-electron chi connectivity index (χ0n) is 8.69. The molecule has 0 fully saturated rings. The number of methoxy groups -OCH3 is 1. The van der Waals surface area contributed by atoms with Gasteiger partial charge in [-0.3, -0.25) is 0 Å². The first-order valence-corrected chi connectivity index (χ1v) is 5.40. The molecule has 0 aliphatic rings. The summed E-state index contributed by atoms with van der Waals surface area (Å²) in [5, 5.41) is 0. The van der Waals surface area contributed by atoms with E-state index in [9.17, 15) is 26.7 Å². The Morgan fingerprint density at radius 2 is 2.00 bits per heavy atom. The summed E-state index contributed by atoms with van der Waals surface area (Å²) >= 11 is 1.22. The Labute approximate surface area is 111 Å². The van der Waals surface area contributed by atoms with E-state index in [1.807, 2.05) is 0 Å². The molecular formula is C9H5F5INO2. The predicted octanol–water partition coefficient (Wildman–Crippen LogP) is 3.43. The van der Waals surface area contributed by atoms with E-state index in [4.69, 9.17) is 0 Å². The average Bonchev–Trinajstić information content (AvgIpc) is 2.25. The molecule has 1 heterocycles. The molecule has 0 radical (unpaired) electrons. The number of nitrogens with zero attached hydrogens (tertiary/aromatic N) is 1. The van der Waals surface area contributed by atoms with Gasteiger partial charge in [0.05, 0.1) is 18.2 Å². The molecule has 1 aromatic rings. The van der Waals surface area contributed by atoms with Crippen molar-refractivity contribution in [3.05, 3.63) is 26.6 Å². The number of rotatable bonds is 2. The number of hydrogen-bond donors (Lipinski definition) is 0. The van der Waals surface area contributed by atoms with E-state index in [1.165, 1.54) is 22.6 Å². The SMILES string of the molecule is COC(=O)c1nc(I)c(C(F)(F)F)cc1C(F)F. The molecule has 0 bridgehead atoms. The van der Waals surface area contributed by atoms with E-state index in [-0.39, 0.29) is 6.07 Å². The molecule has 3 nitrogen and oxygen atoms in total. The van der Waals surface area contributed by atoms with Crippen LogP contribution in [-0.4, -0.2) is 18.1 Å². The number of carbonyl (C=O) groups excluding carboxylic acids is 1. The first kappa shape index (κ1) is 15.1. The summed E-state index contributed by atoms with van der Waals surface area (Å²) in [6, 6.07) is 0.214. The van der Waals surface area contributed by atoms with Crippen molar-refractivity contribution >= 4 is 28.6 Å². The van der Waals surface area contributed by atoms with Crippen LogP contribution in [0.4, 0.5) is 22.0 Å². The van der Waals surface area contributed by atoms with Gasteiger partial charge in [-0.1, -0.05) is 0 Å². The largest absolute Gasteiger partial charge is 0.464 e. The molecule has 0 saturated heterocycles. The summed E-state index contributed by atoms with van der Waals surface area (Å²) in [6.45, 7) is 0. The lowest BCUT2D eigenvalue weighted by Gasteiger charge is -2.13. The molecule has 0 unspecified atom stereocenters. The zero-order valence-corrected chi connectivity index (χ0v) is 10.8. The van der Waals surface area contributed by atoms with Crippen LogP contribution in [0.15, 0.2) is 6.07 Å². The number of hydrogen-bond acceptors (Lipinski definition) is 3. The highest BCUT2D eigenvalue weighted by atomic mass is 127. The minimum Gasteiger partial charge on any atom is -0.464 e. The Morgan fingerprint density at radius 1 is 1.44 bits per heavy atom. The van der Waals surface area contributed by atoms with Crippen LogP contribution in [0.2, 0.25) is 0 Å². The van der Waals surface area contributed by atoms with Crippen molar-refractivity contribution in [2.24, 2.45) is 0 Å². The summed E-state index contributed by atoms with van der Waals surface area (Å²) in [6.07, 6.45) is -8.08. The van der Waals surface area contributed by atoms with E-state index >= 15 is 0 Å². The van der Waals surface area contributed by atoms with Crippen LogP contribution < -0.4 is 0 Å². The van der Waals surface area contributed by atoms with Crippen LogP contribution in [0.25, 0.3) is 0 Å². The fourth-order valence-electron chi connectivity index (χ4n) is 1.13. The number of alkyl halides is 5. The lowest BCUT2D eigenvalue weighted by Crippen LogP contribution is -2.16. The standard InChI is InChI=1S/C9H5F5INO2/c1-18-8(17)5-3(6(10)11)2-4(7(15)16-5)9(12,13)14/h2,6H,1H3. The van der Waals surface area contributed by atoms with Gasteiger partial charge in [-0.2, -0.15) is 13.2 Å². The van der Waals surface area contributed by atoms with Crippen molar-refractivity contribution < 1.29 is 31.5 Å². The third-order valence-corrected chi connectivity index (χ3v) is 2.75. The molecule has 0 aliphatic heterocycles. The second-order valence-electron chi connectivity index (χ2n) is 3.05. The quantitative estimate of drug-likeness (QED) is 0.341. The Morgan fingerprint density at radius 3 is 2.39 bits per heavy atom. The molecule has 0 spiro atoms. The van der Waals surface area contributed by atoms with Crippen LogP contribution in [0, 0.1) is 3.70 Å². The maximum Gasteiger partial charge on any atom is 0.418 e. The molecule has 0 saturated carbocycles. The summed E-state index contributed by atoms with van der Waals surface area (Å²) in [5.74, 6) is -1.21. The third-order valence-electron chi connectivity index (χ3n) is 1.92. The number of esters is 1. The second kappa shape index (κ2) is 5.33. The van der Waals surface area contributed by atoms with Crippen molar-refractivity contribution in [3.63, 3.8) is 0 Å². The number of aromatic nitrogens is 1. The van der Waals surface area contributed by atoms with E-state index in [0.717, 1.165) is 7.11 Å². The Kier molecular flexibility index (Phi) is 4.46. The molecule has 18 heavy (non-hydrogen) atoms. The van der Waals surface area contributed by atoms with Gasteiger partial charge < -0.3 is 4.74 Å². The molecule has 0 N–H and O–H groups in total. The molecule has 9 heteroatoms. The normalized spacial score (nSPS) is 11.8. The van der Waals surface area contributed by atoms with Crippen molar-refractivity contribution in [3.8, 4) is 0 Å². The van der Waals surface area contributed by atoms with Crippen LogP contribution >= 0.6 is 22.6 Å². The maximum absolute atomic E-state index is 12.6. The number of pyridine rings is 1. The van der Waals surface area contributed by atoms with E-state index < -0.39 is 39.1 Å². The first-order chi connectivity index (χ1) is 8.18. The number of ether oxygens (including phenoxy) is 1. The zero-order chi connectivity index (χ0) is 14.1. The Balaban J connectivity index is 3.49.